The number of rotatable bonds is 6. The summed E-state index contributed by atoms with van der Waals surface area (Å²) >= 11 is 0. The Balaban J connectivity index is 2.85. The molecule has 110 valence electrons. The minimum Gasteiger partial charge on any atom is -0.478 e. The summed E-state index contributed by atoms with van der Waals surface area (Å²) < 4.78 is 24.6. The number of urea groups is 1. The number of carboxylic acids is 1. The lowest BCUT2D eigenvalue weighted by atomic mass is 10.2. The molecular formula is C12H14F2N2O4. The molecule has 0 heterocycles. The van der Waals surface area contributed by atoms with Crippen LogP contribution in [0.3, 0.4) is 0 Å². The second-order valence-electron chi connectivity index (χ2n) is 3.84. The van der Waals surface area contributed by atoms with Crippen molar-refractivity contribution in [2.75, 3.05) is 25.0 Å². The minimum absolute atomic E-state index is 0.00204. The Kier molecular flexibility index (Phi) is 5.85. The number of hydrogen-bond donors (Lipinski definition) is 3. The highest BCUT2D eigenvalue weighted by Crippen LogP contribution is 2.15. The largest absolute Gasteiger partial charge is 0.478 e. The number of halogens is 2. The van der Waals surface area contributed by atoms with Crippen molar-refractivity contribution < 1.29 is 28.6 Å². The number of amides is 2. The van der Waals surface area contributed by atoms with E-state index in [-0.39, 0.29) is 17.8 Å². The van der Waals surface area contributed by atoms with Crippen molar-refractivity contribution >= 4 is 17.7 Å². The van der Waals surface area contributed by atoms with Crippen molar-refractivity contribution in [1.29, 1.82) is 0 Å². The maximum Gasteiger partial charge on any atom is 0.337 e. The van der Waals surface area contributed by atoms with Crippen LogP contribution in [0.1, 0.15) is 10.4 Å². The fourth-order valence-corrected chi connectivity index (χ4v) is 1.54. The van der Waals surface area contributed by atoms with Gasteiger partial charge in [0.05, 0.1) is 24.4 Å². The molecule has 0 fully saturated rings. The third kappa shape index (κ3) is 4.47. The number of alkyl halides is 2. The predicted octanol–water partition coefficient (Wildman–Crippen LogP) is 1.48. The fourth-order valence-electron chi connectivity index (χ4n) is 1.54. The first-order valence-corrected chi connectivity index (χ1v) is 5.73. The van der Waals surface area contributed by atoms with E-state index in [1.54, 1.807) is 0 Å². The lowest BCUT2D eigenvalue weighted by Gasteiger charge is -2.22. The summed E-state index contributed by atoms with van der Waals surface area (Å²) in [7, 11) is 0. The Bertz CT molecular complexity index is 482. The summed E-state index contributed by atoms with van der Waals surface area (Å²) in [5.41, 5.74) is -0.149. The van der Waals surface area contributed by atoms with Crippen molar-refractivity contribution in [1.82, 2.24) is 4.90 Å². The lowest BCUT2D eigenvalue weighted by Crippen LogP contribution is -2.40. The number of nitrogens with zero attached hydrogens (tertiary/aromatic N) is 1. The van der Waals surface area contributed by atoms with Gasteiger partial charge in [-0.05, 0) is 12.1 Å². The van der Waals surface area contributed by atoms with Crippen LogP contribution >= 0.6 is 0 Å². The molecule has 0 saturated heterocycles. The Morgan fingerprint density at radius 2 is 1.95 bits per heavy atom. The molecule has 6 nitrogen and oxygen atoms in total. The Morgan fingerprint density at radius 1 is 1.30 bits per heavy atom. The predicted molar refractivity (Wildman–Crippen MR) is 67.1 cm³/mol. The highest BCUT2D eigenvalue weighted by atomic mass is 19.3. The molecule has 2 amide bonds. The van der Waals surface area contributed by atoms with Crippen molar-refractivity contribution in [2.24, 2.45) is 0 Å². The van der Waals surface area contributed by atoms with Gasteiger partial charge in [-0.3, -0.25) is 0 Å². The molecule has 0 aliphatic rings. The van der Waals surface area contributed by atoms with Gasteiger partial charge in [-0.15, -0.1) is 0 Å². The van der Waals surface area contributed by atoms with Crippen molar-refractivity contribution in [3.05, 3.63) is 29.8 Å². The van der Waals surface area contributed by atoms with Gasteiger partial charge in [-0.2, -0.15) is 0 Å². The monoisotopic (exact) mass is 288 g/mol. The van der Waals surface area contributed by atoms with Crippen LogP contribution in [0.5, 0.6) is 0 Å². The molecule has 0 radical (unpaired) electrons. The maximum absolute atomic E-state index is 12.3. The van der Waals surface area contributed by atoms with E-state index in [0.717, 1.165) is 0 Å². The highest BCUT2D eigenvalue weighted by Gasteiger charge is 2.19. The second kappa shape index (κ2) is 7.39. The quantitative estimate of drug-likeness (QED) is 0.739. The number of anilines is 1. The number of aliphatic hydroxyl groups is 1. The van der Waals surface area contributed by atoms with E-state index in [0.29, 0.717) is 4.90 Å². The molecule has 0 aliphatic carbocycles. The van der Waals surface area contributed by atoms with E-state index in [4.69, 9.17) is 10.2 Å². The SMILES string of the molecule is O=C(O)c1ccccc1NC(=O)N(CCO)CC(F)F. The highest BCUT2D eigenvalue weighted by molar-refractivity contribution is 5.99. The van der Waals surface area contributed by atoms with E-state index in [1.165, 1.54) is 24.3 Å². The number of carboxylic acid groups (broad SMARTS) is 1. The summed E-state index contributed by atoms with van der Waals surface area (Å²) in [6.45, 7) is -1.59. The molecule has 0 saturated carbocycles. The first-order chi connectivity index (χ1) is 9.45. The van der Waals surface area contributed by atoms with Gasteiger partial charge in [0.25, 0.3) is 6.43 Å². The molecule has 0 aliphatic heterocycles. The maximum atomic E-state index is 12.3. The van der Waals surface area contributed by atoms with Crippen molar-refractivity contribution in [3.63, 3.8) is 0 Å². The van der Waals surface area contributed by atoms with E-state index in [2.05, 4.69) is 5.32 Å². The van der Waals surface area contributed by atoms with E-state index >= 15 is 0 Å². The molecule has 0 unspecified atom stereocenters. The summed E-state index contributed by atoms with van der Waals surface area (Å²) in [6, 6.07) is 4.71. The summed E-state index contributed by atoms with van der Waals surface area (Å²) in [4.78, 5) is 23.5. The number of carbonyl (C=O) groups excluding carboxylic acids is 1. The third-order valence-electron chi connectivity index (χ3n) is 2.41. The topological polar surface area (TPSA) is 89.9 Å². The average molecular weight is 288 g/mol. The van der Waals surface area contributed by atoms with Gasteiger partial charge in [0, 0.05) is 6.54 Å². The molecular weight excluding hydrogens is 274 g/mol. The van der Waals surface area contributed by atoms with E-state index in [1.807, 2.05) is 0 Å². The van der Waals surface area contributed by atoms with Gasteiger partial charge < -0.3 is 20.4 Å². The van der Waals surface area contributed by atoms with Crippen LogP contribution in [0.15, 0.2) is 24.3 Å². The number of aliphatic hydroxyl groups excluding tert-OH is 1. The molecule has 1 aromatic carbocycles. The number of nitrogens with one attached hydrogen (secondary N) is 1. The van der Waals surface area contributed by atoms with Gasteiger partial charge in [0.1, 0.15) is 0 Å². The molecule has 0 spiro atoms. The van der Waals surface area contributed by atoms with Gasteiger partial charge in [-0.1, -0.05) is 12.1 Å². The number of hydrogen-bond acceptors (Lipinski definition) is 3. The first-order valence-electron chi connectivity index (χ1n) is 5.73. The zero-order valence-corrected chi connectivity index (χ0v) is 10.4. The Labute approximate surface area is 113 Å². The van der Waals surface area contributed by atoms with Crippen LogP contribution in [0.2, 0.25) is 0 Å². The summed E-state index contributed by atoms with van der Waals surface area (Å²) in [5.74, 6) is -1.25. The summed E-state index contributed by atoms with van der Waals surface area (Å²) in [5, 5.41) is 19.9. The van der Waals surface area contributed by atoms with Crippen molar-refractivity contribution in [2.45, 2.75) is 6.43 Å². The standard InChI is InChI=1S/C12H14F2N2O4/c13-10(14)7-16(5-6-17)12(20)15-9-4-2-1-3-8(9)11(18)19/h1-4,10,17H,5-7H2,(H,15,20)(H,18,19). The van der Waals surface area contributed by atoms with Gasteiger partial charge in [0.2, 0.25) is 0 Å². The van der Waals surface area contributed by atoms with Gasteiger partial charge in [-0.25, -0.2) is 18.4 Å². The van der Waals surface area contributed by atoms with Crippen LogP contribution in [0.4, 0.5) is 19.3 Å². The first kappa shape index (κ1) is 15.8. The van der Waals surface area contributed by atoms with E-state index < -0.39 is 31.6 Å². The number of benzene rings is 1. The number of carbonyl (C=O) groups is 2. The Hall–Kier alpha value is -2.22. The zero-order chi connectivity index (χ0) is 15.1. The van der Waals surface area contributed by atoms with Crippen LogP contribution in [-0.2, 0) is 0 Å². The fraction of sp³-hybridized carbons (Fsp3) is 0.333. The van der Waals surface area contributed by atoms with Crippen molar-refractivity contribution in [3.8, 4) is 0 Å². The molecule has 8 heteroatoms. The molecule has 0 atom stereocenters. The zero-order valence-electron chi connectivity index (χ0n) is 10.4. The van der Waals surface area contributed by atoms with Crippen LogP contribution in [0, 0.1) is 0 Å². The number of para-hydroxylation sites is 1. The van der Waals surface area contributed by atoms with Gasteiger partial charge >= 0.3 is 12.0 Å². The average Bonchev–Trinajstić information content (AvgIpc) is 2.38. The lowest BCUT2D eigenvalue weighted by molar-refractivity contribution is 0.0697. The third-order valence-corrected chi connectivity index (χ3v) is 2.41. The van der Waals surface area contributed by atoms with E-state index in [9.17, 15) is 18.4 Å². The smallest absolute Gasteiger partial charge is 0.337 e. The van der Waals surface area contributed by atoms with Crippen LogP contribution in [0.25, 0.3) is 0 Å². The molecule has 20 heavy (non-hydrogen) atoms. The molecule has 0 aromatic heterocycles. The van der Waals surface area contributed by atoms with Crippen LogP contribution in [-0.4, -0.2) is 53.2 Å². The molecule has 0 bridgehead atoms. The summed E-state index contributed by atoms with van der Waals surface area (Å²) in [6.07, 6.45) is -2.75. The molecule has 3 N–H and O–H groups in total. The second-order valence-corrected chi connectivity index (χ2v) is 3.84. The Morgan fingerprint density at radius 3 is 2.50 bits per heavy atom. The van der Waals surface area contributed by atoms with Gasteiger partial charge in [0.15, 0.2) is 0 Å². The number of aromatic carboxylic acids is 1. The molecule has 1 aromatic rings. The van der Waals surface area contributed by atoms with Crippen LogP contribution < -0.4 is 5.32 Å². The molecule has 1 rings (SSSR count). The minimum atomic E-state index is -2.75. The normalized spacial score (nSPS) is 10.4.